The highest BCUT2D eigenvalue weighted by Crippen LogP contribution is 2.22. The van der Waals surface area contributed by atoms with E-state index in [1.807, 2.05) is 25.1 Å². The predicted octanol–water partition coefficient (Wildman–Crippen LogP) is 2.74. The lowest BCUT2D eigenvalue weighted by molar-refractivity contribution is 0.747. The van der Waals surface area contributed by atoms with Crippen LogP contribution in [0.3, 0.4) is 0 Å². The topological polar surface area (TPSA) is 63.6 Å². The summed E-state index contributed by atoms with van der Waals surface area (Å²) >= 11 is 1.50. The third-order valence-electron chi connectivity index (χ3n) is 3.24. The number of nitrogens with zero attached hydrogens (tertiary/aromatic N) is 3. The number of nitrogens with one attached hydrogen (secondary N) is 1. The molecule has 5 nitrogen and oxygen atoms in total. The van der Waals surface area contributed by atoms with E-state index >= 15 is 0 Å². The molecule has 0 saturated heterocycles. The molecule has 0 bridgehead atoms. The molecule has 0 unspecified atom stereocenters. The second-order valence-electron chi connectivity index (χ2n) is 4.74. The largest absolute Gasteiger partial charge is 0.328 e. The first kappa shape index (κ1) is 13.9. The third kappa shape index (κ3) is 2.85. The number of aryl methyl sites for hydroxylation is 2. The van der Waals surface area contributed by atoms with Crippen molar-refractivity contribution < 1.29 is 0 Å². The molecule has 108 valence electrons. The van der Waals surface area contributed by atoms with Crippen molar-refractivity contribution in [3.8, 4) is 0 Å². The van der Waals surface area contributed by atoms with Crippen LogP contribution < -0.4 is 5.56 Å². The number of imidazole rings is 1. The monoisotopic (exact) mass is 300 g/mol. The van der Waals surface area contributed by atoms with Crippen molar-refractivity contribution in [3.63, 3.8) is 0 Å². The molecule has 2 aromatic heterocycles. The van der Waals surface area contributed by atoms with Crippen molar-refractivity contribution in [2.24, 2.45) is 0 Å². The summed E-state index contributed by atoms with van der Waals surface area (Å²) in [4.78, 5) is 23.2. The summed E-state index contributed by atoms with van der Waals surface area (Å²) < 4.78 is 2.19. The number of hydrogen-bond acceptors (Lipinski definition) is 4. The molecule has 0 amide bonds. The minimum Gasteiger partial charge on any atom is -0.328 e. The Morgan fingerprint density at radius 3 is 2.86 bits per heavy atom. The minimum absolute atomic E-state index is 0.117. The summed E-state index contributed by atoms with van der Waals surface area (Å²) in [6.07, 6.45) is 0. The van der Waals surface area contributed by atoms with E-state index in [0.717, 1.165) is 29.1 Å². The molecule has 6 heteroatoms. The average molecular weight is 300 g/mol. The van der Waals surface area contributed by atoms with Crippen molar-refractivity contribution >= 4 is 22.8 Å². The number of benzene rings is 1. The lowest BCUT2D eigenvalue weighted by Gasteiger charge is -2.05. The molecule has 0 radical (unpaired) electrons. The van der Waals surface area contributed by atoms with E-state index in [9.17, 15) is 4.79 Å². The molecule has 0 aliphatic heterocycles. The molecule has 1 N–H and O–H groups in total. The normalized spacial score (nSPS) is 11.1. The highest BCUT2D eigenvalue weighted by Gasteiger charge is 2.10. The van der Waals surface area contributed by atoms with Crippen LogP contribution in [0.5, 0.6) is 0 Å². The molecule has 2 heterocycles. The van der Waals surface area contributed by atoms with E-state index in [2.05, 4.69) is 32.5 Å². The van der Waals surface area contributed by atoms with Crippen molar-refractivity contribution in [3.05, 3.63) is 52.2 Å². The fraction of sp³-hybridized carbons (Fsp3) is 0.267. The van der Waals surface area contributed by atoms with Crippen LogP contribution in [0.25, 0.3) is 11.0 Å². The van der Waals surface area contributed by atoms with Crippen LogP contribution in [0.4, 0.5) is 0 Å². The van der Waals surface area contributed by atoms with Gasteiger partial charge in [-0.15, -0.1) is 0 Å². The Balaban J connectivity index is 1.89. The van der Waals surface area contributed by atoms with Crippen LogP contribution in [-0.4, -0.2) is 19.5 Å². The van der Waals surface area contributed by atoms with Gasteiger partial charge in [0.05, 0.1) is 16.8 Å². The van der Waals surface area contributed by atoms with Crippen molar-refractivity contribution in [1.82, 2.24) is 19.5 Å². The standard InChI is InChI=1S/C15H16N4OS/c1-3-19-12-7-5-4-6-11(12)17-13(19)9-21-15-16-10(2)8-14(20)18-15/h4-8H,3,9H2,1-2H3,(H,16,18,20). The SMILES string of the molecule is CCn1c(CSc2nc(C)cc(=O)[nH]2)nc2ccccc21. The highest BCUT2D eigenvalue weighted by molar-refractivity contribution is 7.98. The van der Waals surface area contributed by atoms with Gasteiger partial charge in [-0.2, -0.15) is 0 Å². The zero-order valence-electron chi connectivity index (χ0n) is 12.0. The molecule has 0 saturated carbocycles. The van der Waals surface area contributed by atoms with Gasteiger partial charge in [0.25, 0.3) is 5.56 Å². The first-order chi connectivity index (χ1) is 10.2. The van der Waals surface area contributed by atoms with Gasteiger partial charge in [-0.3, -0.25) is 4.79 Å². The highest BCUT2D eigenvalue weighted by atomic mass is 32.2. The van der Waals surface area contributed by atoms with Gasteiger partial charge in [-0.05, 0) is 26.0 Å². The van der Waals surface area contributed by atoms with Crippen LogP contribution in [-0.2, 0) is 12.3 Å². The lowest BCUT2D eigenvalue weighted by Crippen LogP contribution is -2.08. The van der Waals surface area contributed by atoms with Gasteiger partial charge in [-0.25, -0.2) is 9.97 Å². The second-order valence-corrected chi connectivity index (χ2v) is 5.71. The van der Waals surface area contributed by atoms with Crippen LogP contribution in [0.15, 0.2) is 40.3 Å². The smallest absolute Gasteiger partial charge is 0.251 e. The van der Waals surface area contributed by atoms with Crippen molar-refractivity contribution in [2.45, 2.75) is 31.3 Å². The molecule has 3 rings (SSSR count). The summed E-state index contributed by atoms with van der Waals surface area (Å²) in [6.45, 7) is 4.80. The molecule has 0 spiro atoms. The Morgan fingerprint density at radius 1 is 1.29 bits per heavy atom. The maximum Gasteiger partial charge on any atom is 0.251 e. The summed E-state index contributed by atoms with van der Waals surface area (Å²) in [6, 6.07) is 9.60. The second kappa shape index (κ2) is 5.73. The molecular weight excluding hydrogens is 284 g/mol. The summed E-state index contributed by atoms with van der Waals surface area (Å²) in [5.41, 5.74) is 2.75. The van der Waals surface area contributed by atoms with Crippen LogP contribution >= 0.6 is 11.8 Å². The van der Waals surface area contributed by atoms with E-state index in [4.69, 9.17) is 0 Å². The van der Waals surface area contributed by atoms with Crippen molar-refractivity contribution in [2.75, 3.05) is 0 Å². The summed E-state index contributed by atoms with van der Waals surface area (Å²) in [5, 5.41) is 0.634. The number of rotatable bonds is 4. The van der Waals surface area contributed by atoms with Gasteiger partial charge in [0, 0.05) is 18.3 Å². The number of fused-ring (bicyclic) bond motifs is 1. The predicted molar refractivity (Wildman–Crippen MR) is 84.6 cm³/mol. The van der Waals surface area contributed by atoms with Crippen molar-refractivity contribution in [1.29, 1.82) is 0 Å². The molecule has 21 heavy (non-hydrogen) atoms. The van der Waals surface area contributed by atoms with Gasteiger partial charge in [0.15, 0.2) is 5.16 Å². The zero-order valence-corrected chi connectivity index (χ0v) is 12.8. The van der Waals surface area contributed by atoms with Gasteiger partial charge >= 0.3 is 0 Å². The minimum atomic E-state index is -0.117. The van der Waals surface area contributed by atoms with Gasteiger partial charge < -0.3 is 9.55 Å². The van der Waals surface area contributed by atoms with Crippen LogP contribution in [0.2, 0.25) is 0 Å². The third-order valence-corrected chi connectivity index (χ3v) is 4.11. The summed E-state index contributed by atoms with van der Waals surface area (Å²) in [5.74, 6) is 1.67. The van der Waals surface area contributed by atoms with Gasteiger partial charge in [0.1, 0.15) is 5.82 Å². The molecule has 1 aromatic carbocycles. The Bertz CT molecular complexity index is 837. The number of aromatic amines is 1. The van der Waals surface area contributed by atoms with E-state index in [1.54, 1.807) is 0 Å². The molecule has 0 aliphatic rings. The Hall–Kier alpha value is -2.08. The number of hydrogen-bond donors (Lipinski definition) is 1. The van der Waals surface area contributed by atoms with E-state index in [-0.39, 0.29) is 5.56 Å². The Kier molecular flexibility index (Phi) is 3.79. The van der Waals surface area contributed by atoms with E-state index in [1.165, 1.54) is 17.8 Å². The lowest BCUT2D eigenvalue weighted by atomic mass is 10.3. The maximum absolute atomic E-state index is 11.5. The molecule has 0 atom stereocenters. The number of H-pyrrole nitrogens is 1. The van der Waals surface area contributed by atoms with E-state index < -0.39 is 0 Å². The average Bonchev–Trinajstić information content (AvgIpc) is 2.81. The number of thioether (sulfide) groups is 1. The maximum atomic E-state index is 11.5. The Labute approximate surface area is 126 Å². The van der Waals surface area contributed by atoms with Gasteiger partial charge in [-0.1, -0.05) is 23.9 Å². The number of para-hydroxylation sites is 2. The molecule has 3 aromatic rings. The first-order valence-electron chi connectivity index (χ1n) is 6.82. The molecular formula is C15H16N4OS. The Morgan fingerprint density at radius 2 is 2.10 bits per heavy atom. The quantitative estimate of drug-likeness (QED) is 0.594. The molecule has 0 fully saturated rings. The number of aromatic nitrogens is 4. The van der Waals surface area contributed by atoms with Crippen LogP contribution in [0.1, 0.15) is 18.4 Å². The fourth-order valence-corrected chi connectivity index (χ4v) is 3.21. The summed E-state index contributed by atoms with van der Waals surface area (Å²) in [7, 11) is 0. The van der Waals surface area contributed by atoms with Crippen LogP contribution in [0, 0.1) is 6.92 Å². The zero-order chi connectivity index (χ0) is 14.8. The first-order valence-corrected chi connectivity index (χ1v) is 7.81. The van der Waals surface area contributed by atoms with Gasteiger partial charge in [0.2, 0.25) is 0 Å². The van der Waals surface area contributed by atoms with E-state index in [0.29, 0.717) is 10.9 Å². The molecule has 0 aliphatic carbocycles. The fourth-order valence-electron chi connectivity index (χ4n) is 2.34.